The van der Waals surface area contributed by atoms with Crippen molar-refractivity contribution in [3.63, 3.8) is 0 Å². The lowest BCUT2D eigenvalue weighted by atomic mass is 10.0. The summed E-state index contributed by atoms with van der Waals surface area (Å²) in [5.41, 5.74) is -9.40. The topological polar surface area (TPSA) is 0 Å². The summed E-state index contributed by atoms with van der Waals surface area (Å²) < 4.78 is 90.3. The Bertz CT molecular complexity index is 736. The molecule has 9 heteroatoms. The predicted octanol–water partition coefficient (Wildman–Crippen LogP) is 7.02. The first-order chi connectivity index (χ1) is 11.0. The molecule has 0 aliphatic rings. The van der Waals surface area contributed by atoms with Gasteiger partial charge in [0.25, 0.3) is 0 Å². The quantitative estimate of drug-likeness (QED) is 0.410. The van der Waals surface area contributed by atoms with Gasteiger partial charge in [0.2, 0.25) is 0 Å². The van der Waals surface area contributed by atoms with Crippen molar-refractivity contribution in [3.8, 4) is 11.1 Å². The SMILES string of the molecule is Cc1ccc(F)c(-c2cccc(SC(F)(F)F)c2SC(F)(F)F)c1. The molecule has 0 aliphatic heterocycles. The highest BCUT2D eigenvalue weighted by Gasteiger charge is 2.36. The molecule has 0 nitrogen and oxygen atoms in total. The van der Waals surface area contributed by atoms with Crippen LogP contribution in [0.5, 0.6) is 0 Å². The maximum absolute atomic E-state index is 14.0. The minimum absolute atomic E-state index is 0.175. The van der Waals surface area contributed by atoms with Crippen LogP contribution >= 0.6 is 23.5 Å². The standard InChI is InChI=1S/C15H9F7S2/c1-8-5-6-11(16)10(7-8)9-3-2-4-12(23-14(17,18)19)13(9)24-15(20,21)22/h2-7H,1H3. The Morgan fingerprint density at radius 2 is 1.42 bits per heavy atom. The third-order valence-corrected chi connectivity index (χ3v) is 4.63. The fourth-order valence-electron chi connectivity index (χ4n) is 2.00. The Balaban J connectivity index is 2.66. The van der Waals surface area contributed by atoms with Gasteiger partial charge in [-0.2, -0.15) is 26.3 Å². The van der Waals surface area contributed by atoms with Gasteiger partial charge in [-0.05, 0) is 54.2 Å². The third kappa shape index (κ3) is 5.07. The van der Waals surface area contributed by atoms with Crippen molar-refractivity contribution in [1.82, 2.24) is 0 Å². The molecule has 2 rings (SSSR count). The molecule has 0 saturated carbocycles. The largest absolute Gasteiger partial charge is 0.446 e. The maximum Gasteiger partial charge on any atom is 0.446 e. The molecule has 0 bridgehead atoms. The normalized spacial score (nSPS) is 12.5. The van der Waals surface area contributed by atoms with Gasteiger partial charge in [0.05, 0.1) is 0 Å². The molecular weight excluding hydrogens is 377 g/mol. The molecule has 130 valence electrons. The van der Waals surface area contributed by atoms with E-state index in [4.69, 9.17) is 0 Å². The molecule has 0 spiro atoms. The van der Waals surface area contributed by atoms with E-state index >= 15 is 0 Å². The number of hydrogen-bond acceptors (Lipinski definition) is 2. The zero-order valence-electron chi connectivity index (χ0n) is 11.9. The summed E-state index contributed by atoms with van der Waals surface area (Å²) in [6, 6.07) is 7.06. The fourth-order valence-corrected chi connectivity index (χ4v) is 3.54. The average Bonchev–Trinajstić information content (AvgIpc) is 2.40. The number of halogens is 7. The zero-order chi connectivity index (χ0) is 18.1. The van der Waals surface area contributed by atoms with Gasteiger partial charge < -0.3 is 0 Å². The highest BCUT2D eigenvalue weighted by atomic mass is 32.2. The van der Waals surface area contributed by atoms with Crippen LogP contribution in [0.3, 0.4) is 0 Å². The zero-order valence-corrected chi connectivity index (χ0v) is 13.6. The Kier molecular flexibility index (Phi) is 5.44. The first-order valence-electron chi connectivity index (χ1n) is 6.37. The van der Waals surface area contributed by atoms with Gasteiger partial charge in [0.15, 0.2) is 0 Å². The van der Waals surface area contributed by atoms with Gasteiger partial charge in [-0.25, -0.2) is 4.39 Å². The van der Waals surface area contributed by atoms with Gasteiger partial charge in [-0.15, -0.1) is 0 Å². The number of thioether (sulfide) groups is 2. The molecule has 2 aromatic rings. The van der Waals surface area contributed by atoms with Crippen LogP contribution in [-0.4, -0.2) is 11.0 Å². The van der Waals surface area contributed by atoms with E-state index in [0.29, 0.717) is 5.56 Å². The minimum Gasteiger partial charge on any atom is -0.206 e. The molecule has 24 heavy (non-hydrogen) atoms. The van der Waals surface area contributed by atoms with E-state index in [9.17, 15) is 30.7 Å². The molecule has 0 heterocycles. The van der Waals surface area contributed by atoms with Crippen molar-refractivity contribution in [2.75, 3.05) is 0 Å². The summed E-state index contributed by atoms with van der Waals surface area (Å²) in [5, 5.41) is 0. The number of benzene rings is 2. The summed E-state index contributed by atoms with van der Waals surface area (Å²) in [4.78, 5) is -1.29. The predicted molar refractivity (Wildman–Crippen MR) is 80.4 cm³/mol. The third-order valence-electron chi connectivity index (χ3n) is 2.83. The maximum atomic E-state index is 14.0. The Morgan fingerprint density at radius 3 is 2.00 bits per heavy atom. The van der Waals surface area contributed by atoms with Crippen LogP contribution in [0.15, 0.2) is 46.2 Å². The van der Waals surface area contributed by atoms with E-state index in [2.05, 4.69) is 0 Å². The van der Waals surface area contributed by atoms with Crippen molar-refractivity contribution < 1.29 is 30.7 Å². The fraction of sp³-hybridized carbons (Fsp3) is 0.200. The van der Waals surface area contributed by atoms with Crippen molar-refractivity contribution in [2.45, 2.75) is 27.7 Å². The molecule has 0 fully saturated rings. The van der Waals surface area contributed by atoms with Crippen LogP contribution in [0.1, 0.15) is 5.56 Å². The lowest BCUT2D eigenvalue weighted by Gasteiger charge is -2.17. The van der Waals surface area contributed by atoms with Crippen molar-refractivity contribution in [2.24, 2.45) is 0 Å². The van der Waals surface area contributed by atoms with E-state index in [1.165, 1.54) is 24.3 Å². The first kappa shape index (κ1) is 19.0. The van der Waals surface area contributed by atoms with Crippen LogP contribution in [0.4, 0.5) is 30.7 Å². The van der Waals surface area contributed by atoms with Crippen LogP contribution in [-0.2, 0) is 0 Å². The molecule has 0 N–H and O–H groups in total. The lowest BCUT2D eigenvalue weighted by Crippen LogP contribution is -2.04. The second-order valence-electron chi connectivity index (χ2n) is 4.71. The minimum atomic E-state index is -4.81. The van der Waals surface area contributed by atoms with Crippen molar-refractivity contribution in [1.29, 1.82) is 0 Å². The summed E-state index contributed by atoms with van der Waals surface area (Å²) in [5.74, 6) is -0.807. The van der Waals surface area contributed by atoms with Gasteiger partial charge >= 0.3 is 11.0 Å². The number of alkyl halides is 6. The Labute approximate surface area is 141 Å². The smallest absolute Gasteiger partial charge is 0.206 e. The summed E-state index contributed by atoms with van der Waals surface area (Å²) >= 11 is -1.34. The molecule has 2 aromatic carbocycles. The Hall–Kier alpha value is -1.35. The van der Waals surface area contributed by atoms with Gasteiger partial charge in [0, 0.05) is 15.4 Å². The first-order valence-corrected chi connectivity index (χ1v) is 8.00. The Morgan fingerprint density at radius 1 is 0.792 bits per heavy atom. The van der Waals surface area contributed by atoms with Crippen LogP contribution in [0, 0.1) is 12.7 Å². The summed E-state index contributed by atoms with van der Waals surface area (Å²) in [7, 11) is 0. The summed E-state index contributed by atoms with van der Waals surface area (Å²) in [6.45, 7) is 1.60. The second kappa shape index (κ2) is 6.87. The van der Waals surface area contributed by atoms with Crippen LogP contribution in [0.2, 0.25) is 0 Å². The average molecular weight is 386 g/mol. The van der Waals surface area contributed by atoms with E-state index in [0.717, 1.165) is 12.1 Å². The molecule has 0 aliphatic carbocycles. The number of rotatable bonds is 3. The van der Waals surface area contributed by atoms with Gasteiger partial charge in [-0.1, -0.05) is 23.8 Å². The molecule has 0 aromatic heterocycles. The highest BCUT2D eigenvalue weighted by Crippen LogP contribution is 2.49. The molecule has 0 radical (unpaired) electrons. The van der Waals surface area contributed by atoms with Crippen LogP contribution in [0.25, 0.3) is 11.1 Å². The number of aryl methyl sites for hydroxylation is 1. The second-order valence-corrected chi connectivity index (χ2v) is 6.89. The molecule has 0 unspecified atom stereocenters. The van der Waals surface area contributed by atoms with Gasteiger partial charge in [-0.3, -0.25) is 0 Å². The van der Waals surface area contributed by atoms with E-state index in [-0.39, 0.29) is 11.1 Å². The number of hydrogen-bond donors (Lipinski definition) is 0. The monoisotopic (exact) mass is 386 g/mol. The van der Waals surface area contributed by atoms with E-state index < -0.39 is 50.1 Å². The molecule has 0 saturated heterocycles. The van der Waals surface area contributed by atoms with E-state index in [1.807, 2.05) is 0 Å². The highest BCUT2D eigenvalue weighted by molar-refractivity contribution is 8.03. The molecular formula is C15H9F7S2. The van der Waals surface area contributed by atoms with Crippen LogP contribution < -0.4 is 0 Å². The van der Waals surface area contributed by atoms with Crippen molar-refractivity contribution in [3.05, 3.63) is 47.8 Å². The van der Waals surface area contributed by atoms with E-state index in [1.54, 1.807) is 6.92 Å². The lowest BCUT2D eigenvalue weighted by molar-refractivity contribution is -0.0346. The molecule has 0 amide bonds. The summed E-state index contributed by atoms with van der Waals surface area (Å²) in [6.07, 6.45) is 0. The van der Waals surface area contributed by atoms with Gasteiger partial charge in [0.1, 0.15) is 5.82 Å². The van der Waals surface area contributed by atoms with Crippen molar-refractivity contribution >= 4 is 23.5 Å². The molecule has 0 atom stereocenters.